The van der Waals surface area contributed by atoms with Crippen LogP contribution in [0.25, 0.3) is 11.1 Å². The molecule has 9 nitrogen and oxygen atoms in total. The highest BCUT2D eigenvalue weighted by Gasteiger charge is 2.10. The predicted octanol–water partition coefficient (Wildman–Crippen LogP) is 9.09. The molecule has 0 N–H and O–H groups in total. The van der Waals surface area contributed by atoms with Crippen molar-refractivity contribution in [2.75, 3.05) is 33.0 Å². The monoisotopic (exact) mass is 700 g/mol. The summed E-state index contributed by atoms with van der Waals surface area (Å²) in [7, 11) is 0. The molecule has 0 aliphatic carbocycles. The molecule has 0 unspecified atom stereocenters. The molecule has 3 rings (SSSR count). The summed E-state index contributed by atoms with van der Waals surface area (Å²) in [5.74, 6) is 0.758. The van der Waals surface area contributed by atoms with E-state index in [1.54, 1.807) is 36.4 Å². The lowest BCUT2D eigenvalue weighted by atomic mass is 10.1. The quantitative estimate of drug-likeness (QED) is 0.0351. The van der Waals surface area contributed by atoms with Gasteiger partial charge in [0.15, 0.2) is 0 Å². The van der Waals surface area contributed by atoms with Gasteiger partial charge in [0, 0.05) is 18.8 Å². The van der Waals surface area contributed by atoms with E-state index >= 15 is 0 Å². The van der Waals surface area contributed by atoms with Crippen molar-refractivity contribution in [1.82, 2.24) is 0 Å². The molecule has 0 amide bonds. The lowest BCUT2D eigenvalue weighted by Crippen LogP contribution is -2.19. The van der Waals surface area contributed by atoms with Gasteiger partial charge in [-0.15, -0.1) is 0 Å². The molecule has 274 valence electrons. The van der Waals surface area contributed by atoms with Gasteiger partial charge in [-0.3, -0.25) is 0 Å². The maximum atomic E-state index is 12.7. The van der Waals surface area contributed by atoms with Gasteiger partial charge in [-0.25, -0.2) is 14.4 Å². The molecule has 0 radical (unpaired) electrons. The van der Waals surface area contributed by atoms with Gasteiger partial charge in [0.25, 0.3) is 0 Å². The van der Waals surface area contributed by atoms with Crippen LogP contribution in [0.5, 0.6) is 17.2 Å². The summed E-state index contributed by atoms with van der Waals surface area (Å²) in [5.41, 5.74) is 2.45. The number of ether oxygens (including phenoxy) is 6. The summed E-state index contributed by atoms with van der Waals surface area (Å²) < 4.78 is 33.1. The molecule has 0 spiro atoms. The summed E-state index contributed by atoms with van der Waals surface area (Å²) >= 11 is 0. The Hall–Kier alpha value is -4.89. The first kappa shape index (κ1) is 40.5. The Bertz CT molecular complexity index is 1460. The Morgan fingerprint density at radius 1 is 0.569 bits per heavy atom. The van der Waals surface area contributed by atoms with Crippen LogP contribution in [-0.2, 0) is 23.8 Å². The Kier molecular flexibility index (Phi) is 19.3. The van der Waals surface area contributed by atoms with E-state index in [1.165, 1.54) is 12.2 Å². The first-order valence-electron chi connectivity index (χ1n) is 17.9. The second-order valence-corrected chi connectivity index (χ2v) is 12.1. The third-order valence-corrected chi connectivity index (χ3v) is 7.84. The van der Waals surface area contributed by atoms with Crippen LogP contribution in [0.3, 0.4) is 0 Å². The second-order valence-electron chi connectivity index (χ2n) is 12.1. The van der Waals surface area contributed by atoms with E-state index in [-0.39, 0.29) is 18.0 Å². The molecule has 51 heavy (non-hydrogen) atoms. The average Bonchev–Trinajstić information content (AvgIpc) is 3.15. The van der Waals surface area contributed by atoms with Gasteiger partial charge in [-0.2, -0.15) is 0 Å². The Balaban J connectivity index is 1.28. The van der Waals surface area contributed by atoms with Crippen molar-refractivity contribution in [3.63, 3.8) is 0 Å². The zero-order chi connectivity index (χ0) is 36.5. The molecule has 3 aromatic rings. The highest BCUT2D eigenvalue weighted by molar-refractivity contribution is 5.91. The maximum Gasteiger partial charge on any atom is 0.343 e. The smallest absolute Gasteiger partial charge is 0.343 e. The van der Waals surface area contributed by atoms with Crippen LogP contribution in [-0.4, -0.2) is 57.0 Å². The van der Waals surface area contributed by atoms with E-state index in [0.29, 0.717) is 50.1 Å². The largest absolute Gasteiger partial charge is 0.494 e. The van der Waals surface area contributed by atoms with Gasteiger partial charge in [0.05, 0.1) is 32.0 Å². The molecule has 3 aromatic carbocycles. The normalized spacial score (nSPS) is 11.2. The number of hydrogen-bond donors (Lipinski definition) is 0. The number of carbonyl (C=O) groups is 3. The second kappa shape index (κ2) is 24.3. The Morgan fingerprint density at radius 2 is 1.02 bits per heavy atom. The zero-order valence-electron chi connectivity index (χ0n) is 29.9. The molecule has 0 aromatic heterocycles. The predicted molar refractivity (Wildman–Crippen MR) is 198 cm³/mol. The van der Waals surface area contributed by atoms with Gasteiger partial charge in [-0.05, 0) is 98.7 Å². The first-order valence-corrected chi connectivity index (χ1v) is 17.9. The zero-order valence-corrected chi connectivity index (χ0v) is 29.9. The van der Waals surface area contributed by atoms with Crippen LogP contribution in [0.4, 0.5) is 0 Å². The van der Waals surface area contributed by atoms with Crippen molar-refractivity contribution in [2.45, 2.75) is 77.2 Å². The van der Waals surface area contributed by atoms with Crippen LogP contribution < -0.4 is 14.2 Å². The number of rotatable bonds is 26. The summed E-state index contributed by atoms with van der Waals surface area (Å²) in [6, 6.07) is 22.2. The van der Waals surface area contributed by atoms with Crippen LogP contribution >= 0.6 is 0 Å². The Labute approximate surface area is 302 Å². The van der Waals surface area contributed by atoms with Crippen molar-refractivity contribution >= 4 is 17.9 Å². The molecule has 0 fully saturated rings. The summed E-state index contributed by atoms with van der Waals surface area (Å²) in [4.78, 5) is 34.7. The van der Waals surface area contributed by atoms with Gasteiger partial charge in [0.1, 0.15) is 23.4 Å². The van der Waals surface area contributed by atoms with Gasteiger partial charge >= 0.3 is 17.9 Å². The first-order chi connectivity index (χ1) is 24.9. The van der Waals surface area contributed by atoms with Crippen LogP contribution in [0, 0.1) is 0 Å². The number of esters is 3. The van der Waals surface area contributed by atoms with E-state index in [2.05, 4.69) is 13.2 Å². The molecule has 0 saturated heterocycles. The van der Waals surface area contributed by atoms with E-state index in [4.69, 9.17) is 28.4 Å². The summed E-state index contributed by atoms with van der Waals surface area (Å²) in [6.07, 6.45) is 12.1. The SMILES string of the molecule is C=CC(=O)OCCCCCCCCOc1ccc(C(=O)Oc2ccc(-c3ccc(O[C@@H](C)COCCCCCCOC(=O)C=C)cc3)cc2)cc1. The minimum absolute atomic E-state index is 0.0898. The van der Waals surface area contributed by atoms with Gasteiger partial charge in [-0.1, -0.05) is 69.5 Å². The number of carbonyl (C=O) groups excluding carboxylic acids is 3. The number of benzene rings is 3. The molecule has 0 bridgehead atoms. The van der Waals surface area contributed by atoms with Gasteiger partial charge < -0.3 is 28.4 Å². The highest BCUT2D eigenvalue weighted by Crippen LogP contribution is 2.26. The van der Waals surface area contributed by atoms with E-state index in [0.717, 1.165) is 81.1 Å². The van der Waals surface area contributed by atoms with Crippen molar-refractivity contribution in [3.8, 4) is 28.4 Å². The summed E-state index contributed by atoms with van der Waals surface area (Å²) in [6.45, 7) is 11.4. The fourth-order valence-electron chi connectivity index (χ4n) is 5.03. The minimum atomic E-state index is -0.433. The van der Waals surface area contributed by atoms with E-state index in [9.17, 15) is 14.4 Å². The van der Waals surface area contributed by atoms with Crippen LogP contribution in [0.1, 0.15) is 81.5 Å². The van der Waals surface area contributed by atoms with Crippen LogP contribution in [0.2, 0.25) is 0 Å². The van der Waals surface area contributed by atoms with E-state index < -0.39 is 5.97 Å². The Morgan fingerprint density at radius 3 is 1.55 bits per heavy atom. The van der Waals surface area contributed by atoms with Crippen molar-refractivity contribution < 1.29 is 42.8 Å². The number of unbranched alkanes of at least 4 members (excludes halogenated alkanes) is 8. The van der Waals surface area contributed by atoms with E-state index in [1.807, 2.05) is 43.3 Å². The molecule has 0 aliphatic heterocycles. The van der Waals surface area contributed by atoms with Crippen molar-refractivity contribution in [2.24, 2.45) is 0 Å². The molecule has 0 aliphatic rings. The molecule has 0 heterocycles. The lowest BCUT2D eigenvalue weighted by Gasteiger charge is -2.15. The molecule has 9 heteroatoms. The van der Waals surface area contributed by atoms with Gasteiger partial charge in [0.2, 0.25) is 0 Å². The molecular formula is C42H52O9. The highest BCUT2D eigenvalue weighted by atomic mass is 16.5. The molecular weight excluding hydrogens is 648 g/mol. The maximum absolute atomic E-state index is 12.7. The standard InChI is InChI=1S/C42H52O9/c1-4-40(43)48-30-14-9-7-6-8-13-29-47-37-22-20-36(21-23-37)42(45)51-39-26-18-35(19-27-39)34-16-24-38(25-17-34)50-33(3)32-46-28-12-10-11-15-31-49-41(44)5-2/h4-5,16-27,33H,1-2,6-15,28-32H2,3H3/t33-/m0/s1. The van der Waals surface area contributed by atoms with Crippen molar-refractivity contribution in [1.29, 1.82) is 0 Å². The number of hydrogen-bond acceptors (Lipinski definition) is 9. The average molecular weight is 701 g/mol. The lowest BCUT2D eigenvalue weighted by molar-refractivity contribution is -0.138. The third kappa shape index (κ3) is 17.1. The minimum Gasteiger partial charge on any atom is -0.494 e. The third-order valence-electron chi connectivity index (χ3n) is 7.84. The molecule has 0 saturated carbocycles. The topological polar surface area (TPSA) is 107 Å². The van der Waals surface area contributed by atoms with Crippen LogP contribution in [0.15, 0.2) is 98.1 Å². The fraction of sp³-hybridized carbons (Fsp3) is 0.405. The fourth-order valence-corrected chi connectivity index (χ4v) is 5.03. The molecule has 1 atom stereocenters. The van der Waals surface area contributed by atoms with Crippen molar-refractivity contribution in [3.05, 3.63) is 104 Å². The summed E-state index contributed by atoms with van der Waals surface area (Å²) in [5, 5.41) is 0.